The number of hydrogen-bond acceptors (Lipinski definition) is 5. The summed E-state index contributed by atoms with van der Waals surface area (Å²) in [6.07, 6.45) is 2.26. The Bertz CT molecular complexity index is 1250. The van der Waals surface area contributed by atoms with E-state index < -0.39 is 0 Å². The molecule has 2 N–H and O–H groups in total. The van der Waals surface area contributed by atoms with Gasteiger partial charge in [-0.05, 0) is 54.4 Å². The van der Waals surface area contributed by atoms with Crippen LogP contribution in [0.5, 0.6) is 11.5 Å². The van der Waals surface area contributed by atoms with Gasteiger partial charge in [-0.2, -0.15) is 5.10 Å². The third-order valence-corrected chi connectivity index (χ3v) is 4.87. The molecule has 162 valence electrons. The van der Waals surface area contributed by atoms with Crippen molar-refractivity contribution in [3.63, 3.8) is 0 Å². The minimum Gasteiger partial charge on any atom is -0.493 e. The molecule has 7 nitrogen and oxygen atoms in total. The number of amides is 1. The van der Waals surface area contributed by atoms with Crippen molar-refractivity contribution in [2.75, 3.05) is 13.7 Å². The second kappa shape index (κ2) is 9.78. The van der Waals surface area contributed by atoms with Gasteiger partial charge in [-0.3, -0.25) is 4.79 Å². The molecule has 0 saturated heterocycles. The first-order valence-corrected chi connectivity index (χ1v) is 10.3. The van der Waals surface area contributed by atoms with E-state index in [-0.39, 0.29) is 5.91 Å². The average molecular weight is 428 g/mol. The summed E-state index contributed by atoms with van der Waals surface area (Å²) >= 11 is 0. The van der Waals surface area contributed by atoms with Crippen LogP contribution in [0.4, 0.5) is 0 Å². The highest BCUT2D eigenvalue weighted by atomic mass is 16.5. The Hall–Kier alpha value is -4.13. The average Bonchev–Trinajstić information content (AvgIpc) is 3.21. The smallest absolute Gasteiger partial charge is 0.271 e. The van der Waals surface area contributed by atoms with Crippen LogP contribution in [0, 0.1) is 0 Å². The Balaban J connectivity index is 1.44. The van der Waals surface area contributed by atoms with Crippen LogP contribution in [-0.2, 0) is 6.42 Å². The number of imidazole rings is 1. The number of hydrazone groups is 1. The number of methoxy groups -OCH3 is 1. The first-order valence-electron chi connectivity index (χ1n) is 10.3. The van der Waals surface area contributed by atoms with Crippen LogP contribution in [0.2, 0.25) is 0 Å². The summed E-state index contributed by atoms with van der Waals surface area (Å²) in [4.78, 5) is 20.4. The molecule has 0 radical (unpaired) electrons. The Kier molecular flexibility index (Phi) is 6.46. The number of benzene rings is 3. The van der Waals surface area contributed by atoms with Crippen LogP contribution in [0.1, 0.15) is 34.2 Å². The van der Waals surface area contributed by atoms with E-state index in [2.05, 4.69) is 32.6 Å². The largest absolute Gasteiger partial charge is 0.493 e. The van der Waals surface area contributed by atoms with Gasteiger partial charge in [0.25, 0.3) is 5.91 Å². The first-order chi connectivity index (χ1) is 15.7. The SMILES string of the molecule is CCOc1cc(/C=N\NC(=O)c2ccc3nc(Cc4ccccc4)[nH]c3c2)ccc1OC. The predicted octanol–water partition coefficient (Wildman–Crippen LogP) is 4.32. The molecule has 0 aliphatic carbocycles. The zero-order chi connectivity index (χ0) is 22.3. The number of hydrogen-bond donors (Lipinski definition) is 2. The van der Waals surface area contributed by atoms with E-state index in [1.54, 1.807) is 31.5 Å². The minimum atomic E-state index is -0.305. The summed E-state index contributed by atoms with van der Waals surface area (Å²) < 4.78 is 10.8. The van der Waals surface area contributed by atoms with Gasteiger partial charge in [0, 0.05) is 12.0 Å². The summed E-state index contributed by atoms with van der Waals surface area (Å²) in [5.74, 6) is 1.82. The van der Waals surface area contributed by atoms with Crippen molar-refractivity contribution < 1.29 is 14.3 Å². The monoisotopic (exact) mass is 428 g/mol. The second-order valence-corrected chi connectivity index (χ2v) is 7.12. The lowest BCUT2D eigenvalue weighted by Gasteiger charge is -2.09. The summed E-state index contributed by atoms with van der Waals surface area (Å²) in [7, 11) is 1.59. The predicted molar refractivity (Wildman–Crippen MR) is 125 cm³/mol. The lowest BCUT2D eigenvalue weighted by Crippen LogP contribution is -2.17. The maximum Gasteiger partial charge on any atom is 0.271 e. The van der Waals surface area contributed by atoms with Crippen LogP contribution >= 0.6 is 0 Å². The lowest BCUT2D eigenvalue weighted by molar-refractivity contribution is 0.0955. The molecule has 32 heavy (non-hydrogen) atoms. The highest BCUT2D eigenvalue weighted by molar-refractivity contribution is 5.97. The van der Waals surface area contributed by atoms with E-state index >= 15 is 0 Å². The van der Waals surface area contributed by atoms with Crippen LogP contribution in [-0.4, -0.2) is 35.8 Å². The van der Waals surface area contributed by atoms with Crippen LogP contribution in [0.25, 0.3) is 11.0 Å². The molecule has 3 aromatic carbocycles. The molecule has 1 heterocycles. The number of carbonyl (C=O) groups excluding carboxylic acids is 1. The molecule has 1 amide bonds. The van der Waals surface area contributed by atoms with Crippen molar-refractivity contribution in [1.29, 1.82) is 0 Å². The number of H-pyrrole nitrogens is 1. The molecule has 0 unspecified atom stereocenters. The van der Waals surface area contributed by atoms with Gasteiger partial charge >= 0.3 is 0 Å². The lowest BCUT2D eigenvalue weighted by atomic mass is 10.1. The van der Waals surface area contributed by atoms with Crippen LogP contribution < -0.4 is 14.9 Å². The zero-order valence-corrected chi connectivity index (χ0v) is 18.0. The fourth-order valence-electron chi connectivity index (χ4n) is 3.35. The van der Waals surface area contributed by atoms with Crippen LogP contribution in [0.3, 0.4) is 0 Å². The second-order valence-electron chi connectivity index (χ2n) is 7.12. The number of carbonyl (C=O) groups is 1. The minimum absolute atomic E-state index is 0.305. The van der Waals surface area contributed by atoms with E-state index in [1.165, 1.54) is 5.56 Å². The maximum atomic E-state index is 12.5. The Labute approximate surface area is 186 Å². The normalized spacial score (nSPS) is 11.1. The zero-order valence-electron chi connectivity index (χ0n) is 18.0. The van der Waals surface area contributed by atoms with Gasteiger partial charge in [-0.25, -0.2) is 10.4 Å². The third-order valence-electron chi connectivity index (χ3n) is 4.87. The van der Waals surface area contributed by atoms with Crippen molar-refractivity contribution in [1.82, 2.24) is 15.4 Å². The quantitative estimate of drug-likeness (QED) is 0.323. The summed E-state index contributed by atoms with van der Waals surface area (Å²) in [6.45, 7) is 2.43. The summed E-state index contributed by atoms with van der Waals surface area (Å²) in [5.41, 5.74) is 6.64. The van der Waals surface area contributed by atoms with Crippen molar-refractivity contribution in [2.45, 2.75) is 13.3 Å². The Morgan fingerprint density at radius 2 is 1.94 bits per heavy atom. The Morgan fingerprint density at radius 3 is 2.72 bits per heavy atom. The van der Waals surface area contributed by atoms with Gasteiger partial charge in [0.05, 0.1) is 31.0 Å². The number of rotatable bonds is 8. The highest BCUT2D eigenvalue weighted by Gasteiger charge is 2.09. The van der Waals surface area contributed by atoms with Gasteiger partial charge in [0.1, 0.15) is 5.82 Å². The van der Waals surface area contributed by atoms with Crippen molar-refractivity contribution in [3.8, 4) is 11.5 Å². The molecule has 4 aromatic rings. The molecule has 1 aromatic heterocycles. The molecule has 0 saturated carbocycles. The molecule has 4 rings (SSSR count). The number of aromatic nitrogens is 2. The van der Waals surface area contributed by atoms with E-state index in [4.69, 9.17) is 9.47 Å². The number of nitrogens with zero attached hydrogens (tertiary/aromatic N) is 2. The number of nitrogens with one attached hydrogen (secondary N) is 2. The molecule has 0 aliphatic rings. The van der Waals surface area contributed by atoms with Crippen molar-refractivity contribution >= 4 is 23.2 Å². The van der Waals surface area contributed by atoms with Crippen LogP contribution in [0.15, 0.2) is 71.8 Å². The summed E-state index contributed by atoms with van der Waals surface area (Å²) in [5, 5.41) is 4.07. The molecule has 0 atom stereocenters. The summed E-state index contributed by atoms with van der Waals surface area (Å²) in [6, 6.07) is 20.9. The molecular formula is C25H24N4O3. The van der Waals surface area contributed by atoms with Gasteiger partial charge < -0.3 is 14.5 Å². The van der Waals surface area contributed by atoms with Crippen molar-refractivity contribution in [3.05, 3.63) is 89.2 Å². The fraction of sp³-hybridized carbons (Fsp3) is 0.160. The van der Waals surface area contributed by atoms with Gasteiger partial charge in [-0.15, -0.1) is 0 Å². The highest BCUT2D eigenvalue weighted by Crippen LogP contribution is 2.27. The van der Waals surface area contributed by atoms with Gasteiger partial charge in [0.2, 0.25) is 0 Å². The van der Waals surface area contributed by atoms with E-state index in [1.807, 2.05) is 43.3 Å². The van der Waals surface area contributed by atoms with Gasteiger partial charge in [-0.1, -0.05) is 30.3 Å². The number of fused-ring (bicyclic) bond motifs is 1. The molecular weight excluding hydrogens is 404 g/mol. The third kappa shape index (κ3) is 4.95. The first kappa shape index (κ1) is 21.1. The van der Waals surface area contributed by atoms with E-state index in [0.29, 0.717) is 30.1 Å². The van der Waals surface area contributed by atoms with Gasteiger partial charge in [0.15, 0.2) is 11.5 Å². The Morgan fingerprint density at radius 1 is 1.09 bits per heavy atom. The van der Waals surface area contributed by atoms with E-state index in [9.17, 15) is 4.79 Å². The number of aromatic amines is 1. The standard InChI is InChI=1S/C25H24N4O3/c1-3-32-23-13-18(9-12-22(23)31-2)16-26-29-25(30)19-10-11-20-21(15-19)28-24(27-20)14-17-7-5-4-6-8-17/h4-13,15-16H,3,14H2,1-2H3,(H,27,28)(H,29,30)/b26-16-. The molecule has 0 spiro atoms. The molecule has 0 fully saturated rings. The number of ether oxygens (including phenoxy) is 2. The molecule has 0 aliphatic heterocycles. The maximum absolute atomic E-state index is 12.5. The van der Waals surface area contributed by atoms with Crippen molar-refractivity contribution in [2.24, 2.45) is 5.10 Å². The topological polar surface area (TPSA) is 88.6 Å². The molecule has 7 heteroatoms. The molecule has 0 bridgehead atoms. The van der Waals surface area contributed by atoms with E-state index in [0.717, 1.165) is 22.4 Å². The fourth-order valence-corrected chi connectivity index (χ4v) is 3.35.